The molecule has 0 N–H and O–H groups in total. The summed E-state index contributed by atoms with van der Waals surface area (Å²) >= 11 is 2.97. The number of hydrogen-bond donors (Lipinski definition) is 0. The van der Waals surface area contributed by atoms with Gasteiger partial charge in [0.1, 0.15) is 11.8 Å². The molecule has 1 fully saturated rings. The van der Waals surface area contributed by atoms with Crippen LogP contribution >= 0.6 is 15.9 Å². The predicted octanol–water partition coefficient (Wildman–Crippen LogP) is 3.00. The van der Waals surface area contributed by atoms with Gasteiger partial charge in [-0.2, -0.15) is 10.5 Å². The normalized spacial score (nSPS) is 16.1. The van der Waals surface area contributed by atoms with Crippen molar-refractivity contribution >= 4 is 21.9 Å². The standard InChI is InChI=1S/C14H9BrN2O3/c15-11(8-16)12(19-10-4-2-1-3-5-10)20-13(18)14(9-17)6-7-14/h1-5H,6-7H2/b12-11+. The zero-order valence-electron chi connectivity index (χ0n) is 10.3. The third-order valence-corrected chi connectivity index (χ3v) is 3.27. The smallest absolute Gasteiger partial charge is 0.334 e. The van der Waals surface area contributed by atoms with Crippen LogP contribution in [-0.4, -0.2) is 5.97 Å². The van der Waals surface area contributed by atoms with Gasteiger partial charge in [-0.3, -0.25) is 0 Å². The van der Waals surface area contributed by atoms with Crippen molar-refractivity contribution in [3.8, 4) is 17.9 Å². The lowest BCUT2D eigenvalue weighted by Gasteiger charge is -2.11. The van der Waals surface area contributed by atoms with Crippen LogP contribution in [0, 0.1) is 28.1 Å². The highest BCUT2D eigenvalue weighted by atomic mass is 79.9. The summed E-state index contributed by atoms with van der Waals surface area (Å²) in [7, 11) is 0. The fourth-order valence-corrected chi connectivity index (χ4v) is 1.58. The van der Waals surface area contributed by atoms with Gasteiger partial charge in [0.15, 0.2) is 9.90 Å². The molecule has 1 aromatic rings. The summed E-state index contributed by atoms with van der Waals surface area (Å²) < 4.78 is 10.4. The molecule has 0 amide bonds. The van der Waals surface area contributed by atoms with E-state index in [1.165, 1.54) is 0 Å². The predicted molar refractivity (Wildman–Crippen MR) is 72.0 cm³/mol. The van der Waals surface area contributed by atoms with Gasteiger partial charge in [0.05, 0.1) is 6.07 Å². The molecule has 1 aromatic carbocycles. The fourth-order valence-electron chi connectivity index (χ4n) is 1.42. The van der Waals surface area contributed by atoms with Gasteiger partial charge in [-0.15, -0.1) is 0 Å². The molecule has 0 atom stereocenters. The molecule has 0 unspecified atom stereocenters. The van der Waals surface area contributed by atoms with E-state index in [-0.39, 0.29) is 10.4 Å². The summed E-state index contributed by atoms with van der Waals surface area (Å²) in [5, 5.41) is 17.8. The zero-order chi connectivity index (χ0) is 14.6. The first-order valence-electron chi connectivity index (χ1n) is 5.77. The zero-order valence-corrected chi connectivity index (χ0v) is 11.9. The molecule has 0 saturated heterocycles. The molecule has 1 aliphatic rings. The van der Waals surface area contributed by atoms with Crippen LogP contribution in [0.3, 0.4) is 0 Å². The van der Waals surface area contributed by atoms with Crippen LogP contribution in [0.5, 0.6) is 5.75 Å². The minimum absolute atomic E-state index is 0.0524. The molecule has 1 saturated carbocycles. The lowest BCUT2D eigenvalue weighted by molar-refractivity contribution is -0.146. The molecule has 2 rings (SSSR count). The maximum atomic E-state index is 11.9. The van der Waals surface area contributed by atoms with E-state index >= 15 is 0 Å². The average Bonchev–Trinajstić information content (AvgIpc) is 3.28. The van der Waals surface area contributed by atoms with Gasteiger partial charge in [-0.05, 0) is 40.9 Å². The Hall–Kier alpha value is -2.31. The maximum absolute atomic E-state index is 11.9. The molecule has 100 valence electrons. The van der Waals surface area contributed by atoms with Crippen molar-refractivity contribution in [1.82, 2.24) is 0 Å². The van der Waals surface area contributed by atoms with E-state index in [4.69, 9.17) is 20.0 Å². The average molecular weight is 333 g/mol. The highest BCUT2D eigenvalue weighted by Crippen LogP contribution is 2.46. The lowest BCUT2D eigenvalue weighted by Crippen LogP contribution is -2.19. The van der Waals surface area contributed by atoms with Crippen LogP contribution < -0.4 is 4.74 Å². The molecule has 1 aliphatic carbocycles. The van der Waals surface area contributed by atoms with Gasteiger partial charge in [-0.1, -0.05) is 18.2 Å². The first-order valence-corrected chi connectivity index (χ1v) is 6.57. The van der Waals surface area contributed by atoms with Crippen molar-refractivity contribution in [2.75, 3.05) is 0 Å². The molecular weight excluding hydrogens is 324 g/mol. The lowest BCUT2D eigenvalue weighted by atomic mass is 10.1. The second-order valence-electron chi connectivity index (χ2n) is 4.21. The van der Waals surface area contributed by atoms with Crippen molar-refractivity contribution in [3.05, 3.63) is 40.8 Å². The minimum Gasteiger partial charge on any atom is -0.425 e. The Bertz CT molecular complexity index is 637. The Morgan fingerprint density at radius 1 is 1.25 bits per heavy atom. The van der Waals surface area contributed by atoms with Crippen LogP contribution in [0.15, 0.2) is 40.8 Å². The quantitative estimate of drug-likeness (QED) is 0.480. The molecule has 6 heteroatoms. The Labute approximate surface area is 124 Å². The molecule has 0 spiro atoms. The van der Waals surface area contributed by atoms with Crippen LogP contribution in [0.2, 0.25) is 0 Å². The summed E-state index contributed by atoms with van der Waals surface area (Å²) in [5.41, 5.74) is -1.09. The molecule has 0 heterocycles. The number of allylic oxidation sites excluding steroid dienone is 1. The molecule has 20 heavy (non-hydrogen) atoms. The van der Waals surface area contributed by atoms with Crippen LogP contribution in [0.1, 0.15) is 12.8 Å². The van der Waals surface area contributed by atoms with Gasteiger partial charge in [0, 0.05) is 0 Å². The van der Waals surface area contributed by atoms with Crippen molar-refractivity contribution in [1.29, 1.82) is 10.5 Å². The van der Waals surface area contributed by atoms with Crippen molar-refractivity contribution in [2.24, 2.45) is 5.41 Å². The molecule has 0 aromatic heterocycles. The number of benzene rings is 1. The second kappa shape index (κ2) is 5.77. The number of halogens is 1. The SMILES string of the molecule is N#C/C(Br)=C(\OC(=O)C1(C#N)CC1)Oc1ccccc1. The van der Waals surface area contributed by atoms with Crippen LogP contribution in [0.25, 0.3) is 0 Å². The van der Waals surface area contributed by atoms with Crippen LogP contribution in [0.4, 0.5) is 0 Å². The summed E-state index contributed by atoms with van der Waals surface area (Å²) in [6.07, 6.45) is 0.927. The van der Waals surface area contributed by atoms with E-state index in [9.17, 15) is 4.79 Å². The largest absolute Gasteiger partial charge is 0.425 e. The molecule has 5 nitrogen and oxygen atoms in total. The highest BCUT2D eigenvalue weighted by Gasteiger charge is 2.53. The first-order chi connectivity index (χ1) is 9.61. The van der Waals surface area contributed by atoms with E-state index in [0.29, 0.717) is 18.6 Å². The Balaban J connectivity index is 2.17. The number of para-hydroxylation sites is 1. The van der Waals surface area contributed by atoms with Gasteiger partial charge >= 0.3 is 11.9 Å². The molecule has 0 aliphatic heterocycles. The number of nitrogens with zero attached hydrogens (tertiary/aromatic N) is 2. The number of carbonyl (C=O) groups is 1. The Morgan fingerprint density at radius 3 is 2.40 bits per heavy atom. The number of ether oxygens (including phenoxy) is 2. The molecular formula is C14H9BrN2O3. The second-order valence-corrected chi connectivity index (χ2v) is 5.00. The van der Waals surface area contributed by atoms with Gasteiger partial charge in [0.2, 0.25) is 0 Å². The van der Waals surface area contributed by atoms with Crippen molar-refractivity contribution in [2.45, 2.75) is 12.8 Å². The number of esters is 1. The van der Waals surface area contributed by atoms with Crippen molar-refractivity contribution in [3.63, 3.8) is 0 Å². The monoisotopic (exact) mass is 332 g/mol. The van der Waals surface area contributed by atoms with Gasteiger partial charge in [0.25, 0.3) is 0 Å². The summed E-state index contributed by atoms with van der Waals surface area (Å²) in [4.78, 5) is 11.9. The third kappa shape index (κ3) is 2.98. The Kier molecular flexibility index (Phi) is 4.07. The topological polar surface area (TPSA) is 83.1 Å². The highest BCUT2D eigenvalue weighted by molar-refractivity contribution is 9.12. The van der Waals surface area contributed by atoms with E-state index in [1.807, 2.05) is 6.07 Å². The van der Waals surface area contributed by atoms with E-state index in [0.717, 1.165) is 0 Å². The fraction of sp³-hybridized carbons (Fsp3) is 0.214. The summed E-state index contributed by atoms with van der Waals surface area (Å²) in [6.45, 7) is 0. The van der Waals surface area contributed by atoms with Crippen LogP contribution in [-0.2, 0) is 9.53 Å². The van der Waals surface area contributed by atoms with E-state index in [2.05, 4.69) is 15.9 Å². The van der Waals surface area contributed by atoms with Crippen molar-refractivity contribution < 1.29 is 14.3 Å². The number of rotatable bonds is 4. The van der Waals surface area contributed by atoms with Gasteiger partial charge < -0.3 is 9.47 Å². The number of hydrogen-bond acceptors (Lipinski definition) is 5. The third-order valence-electron chi connectivity index (χ3n) is 2.77. The summed E-state index contributed by atoms with van der Waals surface area (Å²) in [5.74, 6) is -0.535. The van der Waals surface area contributed by atoms with Gasteiger partial charge in [-0.25, -0.2) is 4.79 Å². The van der Waals surface area contributed by atoms with E-state index in [1.54, 1.807) is 36.4 Å². The summed E-state index contributed by atoms with van der Waals surface area (Å²) in [6, 6.07) is 12.3. The van der Waals surface area contributed by atoms with E-state index < -0.39 is 11.4 Å². The first kappa shape index (κ1) is 14.1. The Morgan fingerprint density at radius 2 is 1.90 bits per heavy atom. The molecule has 0 bridgehead atoms. The number of nitriles is 2. The minimum atomic E-state index is -1.09. The number of carbonyl (C=O) groups excluding carboxylic acids is 1. The maximum Gasteiger partial charge on any atom is 0.334 e. The molecule has 0 radical (unpaired) electrons.